The topological polar surface area (TPSA) is 168 Å². The number of carbonyl (C=O) groups excluding carboxylic acids is 2. The molecule has 11 nitrogen and oxygen atoms in total. The number of hydrogen-bond acceptors (Lipinski definition) is 9. The van der Waals surface area contributed by atoms with E-state index in [9.17, 15) is 28.1 Å². The van der Waals surface area contributed by atoms with E-state index in [1.807, 2.05) is 10.8 Å². The molecule has 13 heteroatoms. The van der Waals surface area contributed by atoms with Crippen LogP contribution in [0.5, 0.6) is 0 Å². The first-order valence-electron chi connectivity index (χ1n) is 8.90. The maximum absolute atomic E-state index is 12.4. The van der Waals surface area contributed by atoms with Crippen molar-refractivity contribution < 1.29 is 27.7 Å². The normalized spacial score (nSPS) is 11.8. The van der Waals surface area contributed by atoms with E-state index in [1.165, 1.54) is 43.3 Å². The van der Waals surface area contributed by atoms with Gasteiger partial charge in [-0.25, -0.2) is 8.42 Å². The molecular formula is C19H18N4O7S2. The Kier molecular flexibility index (Phi) is 8.30. The Balaban J connectivity index is 1.96. The molecule has 0 saturated heterocycles. The smallest absolute Gasteiger partial charge is 0.321 e. The first-order chi connectivity index (χ1) is 15.1. The Labute approximate surface area is 188 Å². The minimum absolute atomic E-state index is 0.287. The monoisotopic (exact) mass is 478 g/mol. The summed E-state index contributed by atoms with van der Waals surface area (Å²) in [6, 6.07) is 11.3. The van der Waals surface area contributed by atoms with E-state index >= 15 is 0 Å². The minimum atomic E-state index is -4.24. The van der Waals surface area contributed by atoms with Crippen LogP contribution in [-0.2, 0) is 24.3 Å². The molecule has 0 unspecified atom stereocenters. The molecule has 0 aliphatic rings. The van der Waals surface area contributed by atoms with Gasteiger partial charge in [0, 0.05) is 11.8 Å². The summed E-state index contributed by atoms with van der Waals surface area (Å²) in [5.74, 6) is -1.68. The maximum atomic E-state index is 12.4. The van der Waals surface area contributed by atoms with Gasteiger partial charge in [-0.05, 0) is 49.6 Å². The number of ether oxygens (including phenoxy) is 1. The van der Waals surface area contributed by atoms with E-state index in [0.717, 1.165) is 17.8 Å². The number of sulfonamides is 1. The van der Waals surface area contributed by atoms with E-state index in [1.54, 1.807) is 6.26 Å². The van der Waals surface area contributed by atoms with Gasteiger partial charge in [0.15, 0.2) is 6.10 Å². The quantitative estimate of drug-likeness (QED) is 0.237. The van der Waals surface area contributed by atoms with Crippen molar-refractivity contribution in [1.29, 1.82) is 5.26 Å². The highest BCUT2D eigenvalue weighted by Gasteiger charge is 2.23. The van der Waals surface area contributed by atoms with E-state index in [2.05, 4.69) is 5.32 Å². The third-order valence-corrected chi connectivity index (χ3v) is 6.21. The largest absolute Gasteiger partial charge is 0.452 e. The minimum Gasteiger partial charge on any atom is -0.452 e. The summed E-state index contributed by atoms with van der Waals surface area (Å²) in [5.41, 5.74) is 0.409. The number of nitriles is 1. The Bertz CT molecular complexity index is 1180. The van der Waals surface area contributed by atoms with Crippen molar-refractivity contribution >= 4 is 45.0 Å². The lowest BCUT2D eigenvalue weighted by Crippen LogP contribution is -2.35. The van der Waals surface area contributed by atoms with Gasteiger partial charge >= 0.3 is 5.97 Å². The number of benzene rings is 2. The number of amides is 1. The highest BCUT2D eigenvalue weighted by atomic mass is 32.2. The fourth-order valence-electron chi connectivity index (χ4n) is 2.38. The van der Waals surface area contributed by atoms with Crippen LogP contribution < -0.4 is 10.0 Å². The summed E-state index contributed by atoms with van der Waals surface area (Å²) in [4.78, 5) is 34.4. The molecule has 0 bridgehead atoms. The third kappa shape index (κ3) is 6.51. The van der Waals surface area contributed by atoms with E-state index in [-0.39, 0.29) is 15.5 Å². The van der Waals surface area contributed by atoms with Crippen molar-refractivity contribution in [1.82, 2.24) is 4.72 Å². The molecule has 0 saturated carbocycles. The maximum Gasteiger partial charge on any atom is 0.321 e. The zero-order valence-electron chi connectivity index (χ0n) is 16.9. The molecule has 0 fully saturated rings. The SMILES string of the molecule is CSc1ccc(S(=O)(=O)NCC(=O)O[C@@H](C)C(=O)Nc2ccc(C#N)cc2)cc1[N+](=O)[O-]. The lowest BCUT2D eigenvalue weighted by Gasteiger charge is -2.14. The average molecular weight is 479 g/mol. The highest BCUT2D eigenvalue weighted by Crippen LogP contribution is 2.29. The summed E-state index contributed by atoms with van der Waals surface area (Å²) in [6.07, 6.45) is 0.383. The molecule has 2 rings (SSSR count). The van der Waals surface area contributed by atoms with E-state index < -0.39 is 39.5 Å². The number of nitro benzene ring substituents is 1. The summed E-state index contributed by atoms with van der Waals surface area (Å²) in [7, 11) is -4.24. The molecule has 2 aromatic carbocycles. The highest BCUT2D eigenvalue weighted by molar-refractivity contribution is 7.98. The number of anilines is 1. The Morgan fingerprint density at radius 1 is 1.25 bits per heavy atom. The summed E-state index contributed by atoms with van der Waals surface area (Å²) < 4.78 is 31.7. The predicted octanol–water partition coefficient (Wildman–Crippen LogP) is 2.04. The first-order valence-corrected chi connectivity index (χ1v) is 11.6. The van der Waals surface area contributed by atoms with Gasteiger partial charge in [0.25, 0.3) is 11.6 Å². The van der Waals surface area contributed by atoms with Gasteiger partial charge in [0.2, 0.25) is 10.0 Å². The second kappa shape index (κ2) is 10.7. The number of carbonyl (C=O) groups is 2. The number of hydrogen-bond donors (Lipinski definition) is 2. The number of nitrogens with one attached hydrogen (secondary N) is 2. The van der Waals surface area contributed by atoms with E-state index in [4.69, 9.17) is 10.00 Å². The van der Waals surface area contributed by atoms with E-state index in [0.29, 0.717) is 11.3 Å². The van der Waals surface area contributed by atoms with Gasteiger partial charge in [-0.15, -0.1) is 11.8 Å². The van der Waals surface area contributed by atoms with Gasteiger partial charge in [0.1, 0.15) is 6.54 Å². The molecule has 1 amide bonds. The number of esters is 1. The van der Waals surface area contributed by atoms with Gasteiger partial charge in [-0.2, -0.15) is 9.98 Å². The van der Waals surface area contributed by atoms with Crippen LogP contribution >= 0.6 is 11.8 Å². The van der Waals surface area contributed by atoms with Crippen molar-refractivity contribution in [2.75, 3.05) is 18.1 Å². The molecule has 0 aliphatic carbocycles. The summed E-state index contributed by atoms with van der Waals surface area (Å²) in [5, 5.41) is 22.4. The van der Waals surface area contributed by atoms with Crippen LogP contribution in [0.25, 0.3) is 0 Å². The summed E-state index contributed by atoms with van der Waals surface area (Å²) >= 11 is 1.09. The molecule has 0 heterocycles. The molecule has 0 aromatic heterocycles. The molecule has 2 N–H and O–H groups in total. The molecule has 0 spiro atoms. The molecule has 1 atom stereocenters. The van der Waals surface area contributed by atoms with Crippen LogP contribution in [0.3, 0.4) is 0 Å². The number of thioether (sulfide) groups is 1. The van der Waals surface area contributed by atoms with Crippen LogP contribution in [0.1, 0.15) is 12.5 Å². The third-order valence-electron chi connectivity index (χ3n) is 4.02. The van der Waals surface area contributed by atoms with Gasteiger partial charge in [-0.1, -0.05) is 0 Å². The van der Waals surface area contributed by atoms with Crippen molar-refractivity contribution in [2.24, 2.45) is 0 Å². The van der Waals surface area contributed by atoms with Crippen molar-refractivity contribution in [3.8, 4) is 6.07 Å². The van der Waals surface area contributed by atoms with Crippen molar-refractivity contribution in [3.63, 3.8) is 0 Å². The fourth-order valence-corrected chi connectivity index (χ4v) is 3.92. The molecule has 168 valence electrons. The van der Waals surface area contributed by atoms with Crippen molar-refractivity contribution in [2.45, 2.75) is 22.8 Å². The fraction of sp³-hybridized carbons (Fsp3) is 0.211. The summed E-state index contributed by atoms with van der Waals surface area (Å²) in [6.45, 7) is 0.519. The molecule has 0 radical (unpaired) electrons. The Hall–Kier alpha value is -3.47. The number of rotatable bonds is 9. The molecular weight excluding hydrogens is 460 g/mol. The van der Waals surface area contributed by atoms with Crippen LogP contribution in [0.2, 0.25) is 0 Å². The number of nitro groups is 1. The number of nitrogens with zero attached hydrogens (tertiary/aromatic N) is 2. The van der Waals surface area contributed by atoms with Crippen LogP contribution in [0.4, 0.5) is 11.4 Å². The Morgan fingerprint density at radius 3 is 2.47 bits per heavy atom. The molecule has 0 aliphatic heterocycles. The lowest BCUT2D eigenvalue weighted by atomic mass is 10.2. The van der Waals surface area contributed by atoms with Gasteiger partial charge in [0.05, 0.1) is 26.3 Å². The van der Waals surface area contributed by atoms with Crippen LogP contribution in [0.15, 0.2) is 52.3 Å². The Morgan fingerprint density at radius 2 is 1.91 bits per heavy atom. The second-order valence-electron chi connectivity index (χ2n) is 6.23. The van der Waals surface area contributed by atoms with Gasteiger partial charge < -0.3 is 10.1 Å². The average Bonchev–Trinajstić information content (AvgIpc) is 2.77. The second-order valence-corrected chi connectivity index (χ2v) is 8.84. The zero-order valence-corrected chi connectivity index (χ0v) is 18.5. The van der Waals surface area contributed by atoms with Crippen molar-refractivity contribution in [3.05, 3.63) is 58.1 Å². The predicted molar refractivity (Wildman–Crippen MR) is 115 cm³/mol. The molecule has 2 aromatic rings. The molecule has 32 heavy (non-hydrogen) atoms. The lowest BCUT2D eigenvalue weighted by molar-refractivity contribution is -0.388. The van der Waals surface area contributed by atoms with Gasteiger partial charge in [-0.3, -0.25) is 19.7 Å². The van der Waals surface area contributed by atoms with Crippen LogP contribution in [0, 0.1) is 21.4 Å². The standard InChI is InChI=1S/C19H18N4O7S2/c1-12(19(25)22-14-5-3-13(10-20)4-6-14)30-18(24)11-21-32(28,29)15-7-8-17(31-2)16(9-15)23(26)27/h3-9,12,21H,11H2,1-2H3,(H,22,25)/t12-/m0/s1. The first kappa shape index (κ1) is 24.8. The van der Waals surface area contributed by atoms with Crippen LogP contribution in [-0.4, -0.2) is 44.1 Å². The zero-order chi connectivity index (χ0) is 23.9.